The number of carbonyl (C=O) groups is 1. The number of benzene rings is 1. The van der Waals surface area contributed by atoms with Crippen LogP contribution in [-0.2, 0) is 11.2 Å². The van der Waals surface area contributed by atoms with E-state index in [1.807, 2.05) is 24.3 Å². The van der Waals surface area contributed by atoms with Crippen LogP contribution >= 0.6 is 15.9 Å². The number of rotatable bonds is 8. The standard InChI is InChI=1S/C16H24BrNO2/c1-16(2,9-6-10-17)12-18-15(19)11-13-7-4-5-8-14(13)20-3/h4-5,7-8H,6,9-12H2,1-3H3,(H,18,19). The summed E-state index contributed by atoms with van der Waals surface area (Å²) in [5.41, 5.74) is 1.05. The number of hydrogen-bond donors (Lipinski definition) is 1. The largest absolute Gasteiger partial charge is 0.496 e. The summed E-state index contributed by atoms with van der Waals surface area (Å²) < 4.78 is 5.26. The molecule has 0 bridgehead atoms. The molecule has 1 aromatic rings. The van der Waals surface area contributed by atoms with Crippen LogP contribution in [0.15, 0.2) is 24.3 Å². The summed E-state index contributed by atoms with van der Waals surface area (Å²) >= 11 is 3.44. The number of methoxy groups -OCH3 is 1. The van der Waals surface area contributed by atoms with Crippen LogP contribution in [0, 0.1) is 5.41 Å². The molecule has 0 heterocycles. The molecule has 112 valence electrons. The summed E-state index contributed by atoms with van der Waals surface area (Å²) in [7, 11) is 1.63. The van der Waals surface area contributed by atoms with Gasteiger partial charge in [-0.05, 0) is 24.3 Å². The van der Waals surface area contributed by atoms with Crippen LogP contribution in [0.2, 0.25) is 0 Å². The van der Waals surface area contributed by atoms with Gasteiger partial charge in [0.05, 0.1) is 13.5 Å². The number of nitrogens with one attached hydrogen (secondary N) is 1. The highest BCUT2D eigenvalue weighted by atomic mass is 79.9. The number of hydrogen-bond acceptors (Lipinski definition) is 2. The number of ether oxygens (including phenoxy) is 1. The topological polar surface area (TPSA) is 38.3 Å². The molecule has 0 saturated carbocycles. The highest BCUT2D eigenvalue weighted by Crippen LogP contribution is 2.22. The number of alkyl halides is 1. The Labute approximate surface area is 130 Å². The van der Waals surface area contributed by atoms with Crippen LogP contribution in [0.5, 0.6) is 5.75 Å². The molecule has 4 heteroatoms. The van der Waals surface area contributed by atoms with Crippen LogP contribution in [0.4, 0.5) is 0 Å². The van der Waals surface area contributed by atoms with Crippen molar-refractivity contribution < 1.29 is 9.53 Å². The van der Waals surface area contributed by atoms with Crippen LogP contribution < -0.4 is 10.1 Å². The Morgan fingerprint density at radius 2 is 2.05 bits per heavy atom. The molecule has 0 saturated heterocycles. The fraction of sp³-hybridized carbons (Fsp3) is 0.562. The molecule has 0 aromatic heterocycles. The average Bonchev–Trinajstić information content (AvgIpc) is 2.44. The summed E-state index contributed by atoms with van der Waals surface area (Å²) in [5.74, 6) is 0.808. The van der Waals surface area contributed by atoms with Gasteiger partial charge in [0.2, 0.25) is 5.91 Å². The van der Waals surface area contributed by atoms with Crippen molar-refractivity contribution in [3.05, 3.63) is 29.8 Å². The molecule has 3 nitrogen and oxygen atoms in total. The molecular formula is C16H24BrNO2. The molecular weight excluding hydrogens is 318 g/mol. The Hall–Kier alpha value is -1.03. The van der Waals surface area contributed by atoms with Gasteiger partial charge < -0.3 is 10.1 Å². The van der Waals surface area contributed by atoms with Crippen molar-refractivity contribution in [2.45, 2.75) is 33.1 Å². The van der Waals surface area contributed by atoms with Gasteiger partial charge in [0.15, 0.2) is 0 Å². The van der Waals surface area contributed by atoms with Crippen molar-refractivity contribution in [1.29, 1.82) is 0 Å². The van der Waals surface area contributed by atoms with E-state index in [2.05, 4.69) is 35.1 Å². The minimum absolute atomic E-state index is 0.0430. The second-order valence-electron chi connectivity index (χ2n) is 5.72. The van der Waals surface area contributed by atoms with Gasteiger partial charge in [0, 0.05) is 17.4 Å². The monoisotopic (exact) mass is 341 g/mol. The van der Waals surface area contributed by atoms with E-state index in [9.17, 15) is 4.79 Å². The Morgan fingerprint density at radius 1 is 1.35 bits per heavy atom. The Kier molecular flexibility index (Phi) is 7.06. The van der Waals surface area contributed by atoms with E-state index in [1.54, 1.807) is 7.11 Å². The van der Waals surface area contributed by atoms with E-state index in [1.165, 1.54) is 0 Å². The molecule has 1 aromatic carbocycles. The predicted octanol–water partition coefficient (Wildman–Crippen LogP) is 3.56. The third-order valence-corrected chi connectivity index (χ3v) is 3.86. The van der Waals surface area contributed by atoms with Crippen LogP contribution in [0.3, 0.4) is 0 Å². The minimum atomic E-state index is 0.0430. The lowest BCUT2D eigenvalue weighted by Gasteiger charge is -2.24. The van der Waals surface area contributed by atoms with E-state index >= 15 is 0 Å². The van der Waals surface area contributed by atoms with Gasteiger partial charge in [-0.1, -0.05) is 48.0 Å². The van der Waals surface area contributed by atoms with Gasteiger partial charge in [-0.2, -0.15) is 0 Å². The van der Waals surface area contributed by atoms with Crippen LogP contribution in [0.25, 0.3) is 0 Å². The summed E-state index contributed by atoms with van der Waals surface area (Å²) in [6.45, 7) is 5.06. The molecule has 1 amide bonds. The van der Waals surface area contributed by atoms with E-state index in [4.69, 9.17) is 4.74 Å². The van der Waals surface area contributed by atoms with Gasteiger partial charge in [-0.3, -0.25) is 4.79 Å². The molecule has 0 spiro atoms. The smallest absolute Gasteiger partial charge is 0.224 e. The van der Waals surface area contributed by atoms with E-state index < -0.39 is 0 Å². The molecule has 0 aliphatic rings. The molecule has 0 radical (unpaired) electrons. The lowest BCUT2D eigenvalue weighted by atomic mass is 9.88. The first-order chi connectivity index (χ1) is 9.48. The van der Waals surface area contributed by atoms with Gasteiger partial charge in [0.1, 0.15) is 5.75 Å². The normalized spacial score (nSPS) is 11.2. The van der Waals surface area contributed by atoms with Crippen LogP contribution in [0.1, 0.15) is 32.3 Å². The third-order valence-electron chi connectivity index (χ3n) is 3.29. The molecule has 1 rings (SSSR count). The van der Waals surface area contributed by atoms with Gasteiger partial charge in [-0.25, -0.2) is 0 Å². The zero-order chi connectivity index (χ0) is 15.0. The molecule has 20 heavy (non-hydrogen) atoms. The first-order valence-electron chi connectivity index (χ1n) is 6.93. The fourth-order valence-electron chi connectivity index (χ4n) is 2.06. The summed E-state index contributed by atoms with van der Waals surface area (Å²) in [6.07, 6.45) is 2.57. The van der Waals surface area contributed by atoms with Crippen molar-refractivity contribution in [1.82, 2.24) is 5.32 Å². The first-order valence-corrected chi connectivity index (χ1v) is 8.05. The SMILES string of the molecule is COc1ccccc1CC(=O)NCC(C)(C)CCCBr. The molecule has 1 N–H and O–H groups in total. The van der Waals surface area contributed by atoms with Gasteiger partial charge in [-0.15, -0.1) is 0 Å². The Bertz CT molecular complexity index is 432. The van der Waals surface area contributed by atoms with Gasteiger partial charge >= 0.3 is 0 Å². The first kappa shape index (κ1) is 17.0. The summed E-state index contributed by atoms with van der Waals surface area (Å²) in [5, 5.41) is 4.03. The molecule has 0 fully saturated rings. The lowest BCUT2D eigenvalue weighted by Crippen LogP contribution is -2.35. The van der Waals surface area contributed by atoms with Crippen LogP contribution in [-0.4, -0.2) is 24.9 Å². The summed E-state index contributed by atoms with van der Waals surface area (Å²) in [4.78, 5) is 12.0. The number of amides is 1. The number of halogens is 1. The van der Waals surface area contributed by atoms with Crippen molar-refractivity contribution in [3.8, 4) is 5.75 Å². The highest BCUT2D eigenvalue weighted by Gasteiger charge is 2.18. The zero-order valence-electron chi connectivity index (χ0n) is 12.5. The van der Waals surface area contributed by atoms with Crippen molar-refractivity contribution >= 4 is 21.8 Å². The van der Waals surface area contributed by atoms with E-state index in [0.717, 1.165) is 29.5 Å². The van der Waals surface area contributed by atoms with Crippen molar-refractivity contribution in [2.24, 2.45) is 5.41 Å². The predicted molar refractivity (Wildman–Crippen MR) is 86.5 cm³/mol. The van der Waals surface area contributed by atoms with E-state index in [-0.39, 0.29) is 11.3 Å². The fourth-order valence-corrected chi connectivity index (χ4v) is 2.34. The molecule has 0 aliphatic carbocycles. The maximum atomic E-state index is 12.0. The Morgan fingerprint density at radius 3 is 2.70 bits per heavy atom. The molecule has 0 atom stereocenters. The maximum Gasteiger partial charge on any atom is 0.224 e. The highest BCUT2D eigenvalue weighted by molar-refractivity contribution is 9.09. The Balaban J connectivity index is 2.47. The van der Waals surface area contributed by atoms with Crippen molar-refractivity contribution in [3.63, 3.8) is 0 Å². The summed E-state index contributed by atoms with van der Waals surface area (Å²) in [6, 6.07) is 7.63. The number of para-hydroxylation sites is 1. The van der Waals surface area contributed by atoms with Gasteiger partial charge in [0.25, 0.3) is 0 Å². The third kappa shape index (κ3) is 5.95. The van der Waals surface area contributed by atoms with E-state index in [0.29, 0.717) is 13.0 Å². The zero-order valence-corrected chi connectivity index (χ0v) is 14.1. The average molecular weight is 342 g/mol. The van der Waals surface area contributed by atoms with Crippen molar-refractivity contribution in [2.75, 3.05) is 19.0 Å². The quantitative estimate of drug-likeness (QED) is 0.734. The number of carbonyl (C=O) groups excluding carboxylic acids is 1. The minimum Gasteiger partial charge on any atom is -0.496 e. The second kappa shape index (κ2) is 8.30. The second-order valence-corrected chi connectivity index (χ2v) is 6.52. The molecule has 0 unspecified atom stereocenters. The maximum absolute atomic E-state index is 12.0. The molecule has 0 aliphatic heterocycles. The lowest BCUT2D eigenvalue weighted by molar-refractivity contribution is -0.120.